The Hall–Kier alpha value is -1.89. The Bertz CT molecular complexity index is 721. The summed E-state index contributed by atoms with van der Waals surface area (Å²) >= 11 is 0. The summed E-state index contributed by atoms with van der Waals surface area (Å²) in [6.45, 7) is -5.07. The highest BCUT2D eigenvalue weighted by molar-refractivity contribution is 5.61. The summed E-state index contributed by atoms with van der Waals surface area (Å²) in [5.74, 6) is -55.0. The van der Waals surface area contributed by atoms with Crippen LogP contribution in [0.5, 0.6) is 0 Å². The molecular weight excluding hydrogens is 524 g/mol. The third kappa shape index (κ3) is 4.33. The highest BCUT2D eigenvalue weighted by Crippen LogP contribution is 2.62. The van der Waals surface area contributed by atoms with Crippen molar-refractivity contribution in [3.8, 4) is 0 Å². The summed E-state index contributed by atoms with van der Waals surface area (Å²) in [6.07, 6.45) is -8.91. The first-order chi connectivity index (χ1) is 14.4. The van der Waals surface area contributed by atoms with Crippen LogP contribution in [0.1, 0.15) is 0 Å². The molecule has 1 rings (SSSR count). The van der Waals surface area contributed by atoms with Crippen LogP contribution in [-0.2, 0) is 14.2 Å². The zero-order valence-corrected chi connectivity index (χ0v) is 15.0. The normalized spacial score (nSPS) is 19.7. The number of carbonyl (C=O) groups is 1. The van der Waals surface area contributed by atoms with Gasteiger partial charge in [0.1, 0.15) is 13.2 Å². The van der Waals surface area contributed by atoms with Crippen LogP contribution in [0.3, 0.4) is 0 Å². The highest BCUT2D eigenvalue weighted by Gasteiger charge is 2.93. The van der Waals surface area contributed by atoms with Gasteiger partial charge in [0.2, 0.25) is 0 Å². The molecule has 0 aromatic carbocycles. The third-order valence-electron chi connectivity index (χ3n) is 3.97. The Morgan fingerprint density at radius 2 is 1.18 bits per heavy atom. The van der Waals surface area contributed by atoms with Gasteiger partial charge in [0, 0.05) is 0 Å². The smallest absolute Gasteiger partial charge is 0.430 e. The molecule has 1 heterocycles. The number of cyclic esters (lactones) is 2. The molecule has 0 aromatic rings. The molecule has 0 bridgehead atoms. The van der Waals surface area contributed by atoms with Crippen LogP contribution in [-0.4, -0.2) is 80.0 Å². The number of ether oxygens (including phenoxy) is 3. The fourth-order valence-corrected chi connectivity index (χ4v) is 2.02. The molecule has 0 N–H and O–H groups in total. The fourth-order valence-electron chi connectivity index (χ4n) is 2.02. The first kappa shape index (κ1) is 29.1. The van der Waals surface area contributed by atoms with Crippen molar-refractivity contribution in [1.29, 1.82) is 0 Å². The van der Waals surface area contributed by atoms with E-state index in [1.165, 1.54) is 0 Å². The van der Waals surface area contributed by atoms with E-state index in [2.05, 4.69) is 14.2 Å². The summed E-state index contributed by atoms with van der Waals surface area (Å²) < 4.78 is 222. The van der Waals surface area contributed by atoms with Gasteiger partial charge in [-0.2, -0.15) is 61.5 Å². The number of carbonyl (C=O) groups excluding carboxylic acids is 1. The van der Waals surface area contributed by atoms with Gasteiger partial charge in [-0.1, -0.05) is 0 Å². The van der Waals surface area contributed by atoms with Crippen molar-refractivity contribution in [2.45, 2.75) is 54.0 Å². The minimum absolute atomic E-state index is 0.741. The summed E-state index contributed by atoms with van der Waals surface area (Å²) in [6, 6.07) is 0. The van der Waals surface area contributed by atoms with Gasteiger partial charge in [0.15, 0.2) is 6.10 Å². The van der Waals surface area contributed by atoms with E-state index in [1.807, 2.05) is 0 Å². The first-order valence-corrected chi connectivity index (χ1v) is 7.76. The standard InChI is InChI=1S/C13H8F16O4/c14-5(15)8(18,19)10(22,23)12(26,27)13(28,29)11(24,25)9(20,21)7(16,17)3-31-1-4-2-32-6(30)33-4/h4-5H,1-3H2. The predicted molar refractivity (Wildman–Crippen MR) is 67.7 cm³/mol. The second-order valence-corrected chi connectivity index (χ2v) is 6.32. The molecule has 0 aromatic heterocycles. The monoisotopic (exact) mass is 532 g/mol. The number of hydrogen-bond donors (Lipinski definition) is 0. The molecule has 0 aliphatic carbocycles. The van der Waals surface area contributed by atoms with Crippen molar-refractivity contribution < 1.29 is 89.3 Å². The highest BCUT2D eigenvalue weighted by atomic mass is 19.4. The van der Waals surface area contributed by atoms with Crippen LogP contribution >= 0.6 is 0 Å². The molecular formula is C13H8F16O4. The van der Waals surface area contributed by atoms with Crippen LogP contribution in [0.25, 0.3) is 0 Å². The van der Waals surface area contributed by atoms with Crippen molar-refractivity contribution in [1.82, 2.24) is 0 Å². The van der Waals surface area contributed by atoms with E-state index in [0.29, 0.717) is 0 Å². The molecule has 1 aliphatic heterocycles. The molecule has 0 radical (unpaired) electrons. The minimum Gasteiger partial charge on any atom is -0.430 e. The van der Waals surface area contributed by atoms with Crippen LogP contribution in [0.15, 0.2) is 0 Å². The summed E-state index contributed by atoms with van der Waals surface area (Å²) in [5.41, 5.74) is 0. The average Bonchev–Trinajstić information content (AvgIpc) is 3.05. The number of hydrogen-bond acceptors (Lipinski definition) is 4. The Morgan fingerprint density at radius 3 is 1.58 bits per heavy atom. The van der Waals surface area contributed by atoms with E-state index in [9.17, 15) is 75.0 Å². The van der Waals surface area contributed by atoms with Crippen molar-refractivity contribution in [2.24, 2.45) is 0 Å². The summed E-state index contributed by atoms with van der Waals surface area (Å²) in [4.78, 5) is 10.5. The van der Waals surface area contributed by atoms with Gasteiger partial charge in [-0.25, -0.2) is 13.6 Å². The van der Waals surface area contributed by atoms with E-state index in [-0.39, 0.29) is 0 Å². The lowest BCUT2D eigenvalue weighted by molar-refractivity contribution is -0.448. The van der Waals surface area contributed by atoms with Crippen molar-refractivity contribution in [3.63, 3.8) is 0 Å². The van der Waals surface area contributed by atoms with Gasteiger partial charge < -0.3 is 14.2 Å². The largest absolute Gasteiger partial charge is 0.508 e. The summed E-state index contributed by atoms with van der Waals surface area (Å²) in [5, 5.41) is 0. The van der Waals surface area contributed by atoms with E-state index in [4.69, 9.17) is 0 Å². The predicted octanol–water partition coefficient (Wildman–Crippen LogP) is 5.25. The van der Waals surface area contributed by atoms with E-state index >= 15 is 0 Å². The maximum atomic E-state index is 13.5. The lowest BCUT2D eigenvalue weighted by Crippen LogP contribution is -2.74. The molecule has 0 saturated carbocycles. The summed E-state index contributed by atoms with van der Waals surface area (Å²) in [7, 11) is 0. The number of rotatable bonds is 11. The minimum atomic E-state index is -8.45. The van der Waals surface area contributed by atoms with Gasteiger partial charge in [0.25, 0.3) is 0 Å². The molecule has 0 amide bonds. The SMILES string of the molecule is O=C1OCC(COCC(F)(F)C(F)(F)C(F)(F)C(F)(F)C(F)(F)C(F)(F)C(F)(F)C(F)F)O1. The van der Waals surface area contributed by atoms with E-state index in [1.54, 1.807) is 0 Å². The van der Waals surface area contributed by atoms with Crippen molar-refractivity contribution in [3.05, 3.63) is 0 Å². The molecule has 196 valence electrons. The van der Waals surface area contributed by atoms with Crippen LogP contribution in [0.4, 0.5) is 75.0 Å². The van der Waals surface area contributed by atoms with Gasteiger partial charge >= 0.3 is 54.0 Å². The molecule has 0 spiro atoms. The van der Waals surface area contributed by atoms with Gasteiger partial charge in [-0.3, -0.25) is 0 Å². The van der Waals surface area contributed by atoms with Gasteiger partial charge in [0.05, 0.1) is 6.61 Å². The number of halogens is 16. The molecule has 4 nitrogen and oxygen atoms in total. The second-order valence-electron chi connectivity index (χ2n) is 6.32. The molecule has 1 saturated heterocycles. The molecule has 1 unspecified atom stereocenters. The van der Waals surface area contributed by atoms with Gasteiger partial charge in [-0.05, 0) is 0 Å². The Labute approximate surface area is 170 Å². The zero-order valence-electron chi connectivity index (χ0n) is 15.0. The quantitative estimate of drug-likeness (QED) is 0.270. The Balaban J connectivity index is 3.24. The molecule has 33 heavy (non-hydrogen) atoms. The Kier molecular flexibility index (Phi) is 7.42. The molecule has 1 fully saturated rings. The molecule has 1 aliphatic rings. The molecule has 20 heteroatoms. The van der Waals surface area contributed by atoms with Gasteiger partial charge in [-0.15, -0.1) is 0 Å². The van der Waals surface area contributed by atoms with Crippen molar-refractivity contribution in [2.75, 3.05) is 19.8 Å². The van der Waals surface area contributed by atoms with E-state index in [0.717, 1.165) is 0 Å². The maximum absolute atomic E-state index is 13.5. The third-order valence-corrected chi connectivity index (χ3v) is 3.97. The van der Waals surface area contributed by atoms with E-state index < -0.39 is 80.0 Å². The lowest BCUT2D eigenvalue weighted by atomic mass is 9.89. The topological polar surface area (TPSA) is 44.8 Å². The maximum Gasteiger partial charge on any atom is 0.508 e. The fraction of sp³-hybridized carbons (Fsp3) is 0.923. The molecule has 1 atom stereocenters. The average molecular weight is 532 g/mol. The number of alkyl halides is 16. The Morgan fingerprint density at radius 1 is 0.758 bits per heavy atom. The zero-order chi connectivity index (χ0) is 26.5. The second kappa shape index (κ2) is 8.40. The lowest BCUT2D eigenvalue weighted by Gasteiger charge is -2.42. The van der Waals surface area contributed by atoms with Crippen LogP contribution in [0, 0.1) is 0 Å². The van der Waals surface area contributed by atoms with Crippen LogP contribution < -0.4 is 0 Å². The van der Waals surface area contributed by atoms with Crippen molar-refractivity contribution >= 4 is 6.16 Å². The van der Waals surface area contributed by atoms with Crippen LogP contribution in [0.2, 0.25) is 0 Å². The first-order valence-electron chi connectivity index (χ1n) is 7.76.